The molecule has 1 aliphatic rings. The second kappa shape index (κ2) is 9.90. The van der Waals surface area contributed by atoms with Crippen LogP contribution in [0.25, 0.3) is 0 Å². The summed E-state index contributed by atoms with van der Waals surface area (Å²) in [7, 11) is 0. The highest BCUT2D eigenvalue weighted by Gasteiger charge is 2.56. The van der Waals surface area contributed by atoms with Gasteiger partial charge in [0.15, 0.2) is 0 Å². The topological polar surface area (TPSA) is 154 Å². The Hall–Kier alpha value is -1.10. The van der Waals surface area contributed by atoms with Crippen LogP contribution in [0.2, 0.25) is 0 Å². The van der Waals surface area contributed by atoms with Crippen molar-refractivity contribution in [1.82, 2.24) is 0 Å². The largest absolute Gasteiger partial charge is 0.477 e. The zero-order valence-corrected chi connectivity index (χ0v) is 16.2. The van der Waals surface area contributed by atoms with Crippen molar-refractivity contribution in [3.8, 4) is 0 Å². The Labute approximate surface area is 158 Å². The molecule has 9 nitrogen and oxygen atoms in total. The molecule has 7 unspecified atom stereocenters. The summed E-state index contributed by atoms with van der Waals surface area (Å²) < 4.78 is 11.0. The van der Waals surface area contributed by atoms with Crippen LogP contribution < -0.4 is 0 Å². The Balaban J connectivity index is 3.23. The number of aliphatic carboxylic acids is 1. The fourth-order valence-electron chi connectivity index (χ4n) is 3.21. The third-order valence-corrected chi connectivity index (χ3v) is 4.99. The quantitative estimate of drug-likeness (QED) is 0.336. The summed E-state index contributed by atoms with van der Waals surface area (Å²) >= 11 is 0. The second-order valence-electron chi connectivity index (χ2n) is 7.46. The summed E-state index contributed by atoms with van der Waals surface area (Å²) in [5.74, 6) is -5.13. The molecule has 0 radical (unpaired) electrons. The molecule has 9 heteroatoms. The number of hydrogen-bond acceptors (Lipinski definition) is 8. The lowest BCUT2D eigenvalue weighted by molar-refractivity contribution is -0.327. The highest BCUT2D eigenvalue weighted by molar-refractivity contribution is 5.81. The fourth-order valence-corrected chi connectivity index (χ4v) is 3.21. The number of ketones is 1. The van der Waals surface area contributed by atoms with Crippen LogP contribution in [-0.4, -0.2) is 80.2 Å². The van der Waals surface area contributed by atoms with E-state index in [9.17, 15) is 30.0 Å². The van der Waals surface area contributed by atoms with E-state index < -0.39 is 61.2 Å². The van der Waals surface area contributed by atoms with E-state index in [2.05, 4.69) is 0 Å². The molecule has 0 aromatic carbocycles. The lowest BCUT2D eigenvalue weighted by atomic mass is 9.79. The van der Waals surface area contributed by atoms with Crippen LogP contribution in [0.1, 0.15) is 47.0 Å². The highest BCUT2D eigenvalue weighted by atomic mass is 16.7. The van der Waals surface area contributed by atoms with Crippen molar-refractivity contribution in [2.24, 2.45) is 11.8 Å². The van der Waals surface area contributed by atoms with Crippen LogP contribution >= 0.6 is 0 Å². The van der Waals surface area contributed by atoms with Crippen LogP contribution in [0.5, 0.6) is 0 Å². The molecule has 0 aromatic heterocycles. The molecule has 158 valence electrons. The van der Waals surface area contributed by atoms with Gasteiger partial charge in [-0.25, -0.2) is 4.79 Å². The summed E-state index contributed by atoms with van der Waals surface area (Å²) in [6.07, 6.45) is -6.66. The van der Waals surface area contributed by atoms with E-state index >= 15 is 0 Å². The predicted molar refractivity (Wildman–Crippen MR) is 93.8 cm³/mol. The van der Waals surface area contributed by atoms with E-state index in [0.29, 0.717) is 6.42 Å². The summed E-state index contributed by atoms with van der Waals surface area (Å²) in [5.41, 5.74) is 0. The van der Waals surface area contributed by atoms with Crippen LogP contribution in [-0.2, 0) is 19.1 Å². The molecule has 0 aliphatic carbocycles. The number of Topliss-reactive ketones (excluding diaryl/α,β-unsaturated/α-hetero) is 1. The number of carbonyl (C=O) groups is 2. The lowest BCUT2D eigenvalue weighted by Gasteiger charge is -2.47. The number of carboxylic acid groups (broad SMARTS) is 1. The highest BCUT2D eigenvalue weighted by Crippen LogP contribution is 2.39. The molecule has 1 saturated heterocycles. The number of aliphatic hydroxyl groups is 4. The molecular weight excluding hydrogens is 360 g/mol. The van der Waals surface area contributed by atoms with Crippen LogP contribution in [0.15, 0.2) is 0 Å². The Morgan fingerprint density at radius 1 is 1.26 bits per heavy atom. The standard InChI is InChI=1S/C18H32O9/c1-5-10(4)12(20)6-11-13(21)7-18(17(24)25,26-9(2)3)27-16(11)15(23)14(22)8-19/h9-11,13-16,19,21-23H,5-8H2,1-4H3,(H,24,25). The molecule has 0 saturated carbocycles. The second-order valence-corrected chi connectivity index (χ2v) is 7.46. The van der Waals surface area contributed by atoms with Gasteiger partial charge in [-0.2, -0.15) is 0 Å². The van der Waals surface area contributed by atoms with Crippen LogP contribution in [0.3, 0.4) is 0 Å². The maximum atomic E-state index is 12.4. The third kappa shape index (κ3) is 5.69. The Bertz CT molecular complexity index is 509. The minimum Gasteiger partial charge on any atom is -0.477 e. The van der Waals surface area contributed by atoms with Gasteiger partial charge in [-0.1, -0.05) is 13.8 Å². The molecule has 1 heterocycles. The number of ether oxygens (including phenoxy) is 2. The lowest BCUT2D eigenvalue weighted by Crippen LogP contribution is -2.62. The van der Waals surface area contributed by atoms with Gasteiger partial charge in [0.1, 0.15) is 18.0 Å². The van der Waals surface area contributed by atoms with Crippen molar-refractivity contribution in [3.05, 3.63) is 0 Å². The zero-order chi connectivity index (χ0) is 20.9. The van der Waals surface area contributed by atoms with Gasteiger partial charge in [0.2, 0.25) is 0 Å². The van der Waals surface area contributed by atoms with Crippen molar-refractivity contribution < 1.29 is 44.6 Å². The number of aliphatic hydroxyl groups excluding tert-OH is 4. The van der Waals surface area contributed by atoms with E-state index in [4.69, 9.17) is 14.6 Å². The van der Waals surface area contributed by atoms with Gasteiger partial charge in [0.05, 0.1) is 24.9 Å². The third-order valence-electron chi connectivity index (χ3n) is 4.99. The average Bonchev–Trinajstić information content (AvgIpc) is 2.60. The normalized spacial score (nSPS) is 32.1. The van der Waals surface area contributed by atoms with Gasteiger partial charge in [0, 0.05) is 24.7 Å². The monoisotopic (exact) mass is 392 g/mol. The summed E-state index contributed by atoms with van der Waals surface area (Å²) in [6, 6.07) is 0. The van der Waals surface area contributed by atoms with Crippen molar-refractivity contribution in [3.63, 3.8) is 0 Å². The fraction of sp³-hybridized carbons (Fsp3) is 0.889. The molecular formula is C18H32O9. The first-order valence-electron chi connectivity index (χ1n) is 9.25. The van der Waals surface area contributed by atoms with E-state index in [1.165, 1.54) is 0 Å². The van der Waals surface area contributed by atoms with E-state index in [1.54, 1.807) is 20.8 Å². The van der Waals surface area contributed by atoms with Crippen LogP contribution in [0.4, 0.5) is 0 Å². The predicted octanol–water partition coefficient (Wildman–Crippen LogP) is -0.322. The number of carbonyl (C=O) groups excluding carboxylic acids is 1. The summed E-state index contributed by atoms with van der Waals surface area (Å²) in [4.78, 5) is 24.2. The van der Waals surface area contributed by atoms with Crippen molar-refractivity contribution in [2.45, 2.75) is 83.3 Å². The van der Waals surface area contributed by atoms with Gasteiger partial charge in [-0.3, -0.25) is 4.79 Å². The molecule has 1 rings (SSSR count). The summed E-state index contributed by atoms with van der Waals surface area (Å²) in [5, 5.41) is 49.6. The van der Waals surface area contributed by atoms with Gasteiger partial charge >= 0.3 is 5.97 Å². The van der Waals surface area contributed by atoms with Crippen LogP contribution in [0, 0.1) is 11.8 Å². The van der Waals surface area contributed by atoms with E-state index in [1.807, 2.05) is 6.92 Å². The van der Waals surface area contributed by atoms with Crippen molar-refractivity contribution in [1.29, 1.82) is 0 Å². The number of carboxylic acids is 1. The molecule has 0 amide bonds. The minimum atomic E-state index is -2.23. The van der Waals surface area contributed by atoms with Crippen molar-refractivity contribution in [2.75, 3.05) is 6.61 Å². The molecule has 0 bridgehead atoms. The van der Waals surface area contributed by atoms with Gasteiger partial charge in [-0.15, -0.1) is 0 Å². The molecule has 0 aromatic rings. The Morgan fingerprint density at radius 3 is 2.30 bits per heavy atom. The number of rotatable bonds is 10. The minimum absolute atomic E-state index is 0.159. The molecule has 5 N–H and O–H groups in total. The molecule has 27 heavy (non-hydrogen) atoms. The first-order valence-corrected chi connectivity index (χ1v) is 9.25. The molecule has 1 fully saturated rings. The zero-order valence-electron chi connectivity index (χ0n) is 16.2. The Kier molecular flexibility index (Phi) is 8.78. The maximum Gasteiger partial charge on any atom is 0.364 e. The van der Waals surface area contributed by atoms with Gasteiger partial charge in [-0.05, 0) is 20.3 Å². The first-order chi connectivity index (χ1) is 12.5. The summed E-state index contributed by atoms with van der Waals surface area (Å²) in [6.45, 7) is 5.95. The first kappa shape index (κ1) is 23.9. The molecule has 0 spiro atoms. The number of hydrogen-bond donors (Lipinski definition) is 5. The SMILES string of the molecule is CCC(C)C(=O)CC1C(O)CC(OC(C)C)(C(=O)O)OC1C(O)C(O)CO. The van der Waals surface area contributed by atoms with Gasteiger partial charge < -0.3 is 35.0 Å². The molecule has 7 atom stereocenters. The van der Waals surface area contributed by atoms with Crippen molar-refractivity contribution >= 4 is 11.8 Å². The van der Waals surface area contributed by atoms with Gasteiger partial charge in [0.25, 0.3) is 5.79 Å². The van der Waals surface area contributed by atoms with E-state index in [0.717, 1.165) is 0 Å². The smallest absolute Gasteiger partial charge is 0.364 e. The molecule has 1 aliphatic heterocycles. The van der Waals surface area contributed by atoms with E-state index in [-0.39, 0.29) is 18.1 Å². The maximum absolute atomic E-state index is 12.4. The Morgan fingerprint density at radius 2 is 1.85 bits per heavy atom. The average molecular weight is 392 g/mol.